The molecule has 2 aliphatic heterocycles. The molecule has 0 amide bonds. The largest absolute Gasteiger partial charge is 0.489 e. The van der Waals surface area contributed by atoms with E-state index in [4.69, 9.17) is 4.74 Å². The Morgan fingerprint density at radius 3 is 2.73 bits per heavy atom. The quantitative estimate of drug-likeness (QED) is 0.849. The summed E-state index contributed by atoms with van der Waals surface area (Å²) < 4.78 is 6.13. The highest BCUT2D eigenvalue weighted by Crippen LogP contribution is 2.39. The summed E-state index contributed by atoms with van der Waals surface area (Å²) in [5.74, 6) is 1.72. The fourth-order valence-corrected chi connectivity index (χ4v) is 3.61. The van der Waals surface area contributed by atoms with Gasteiger partial charge in [0.05, 0.1) is 0 Å². The van der Waals surface area contributed by atoms with Crippen LogP contribution in [-0.2, 0) is 0 Å². The number of hydrogen-bond acceptors (Lipinski definition) is 2. The number of nitrogens with zero attached hydrogens (tertiary/aromatic N) is 1. The lowest BCUT2D eigenvalue weighted by molar-refractivity contribution is 0.0635. The molecule has 2 unspecified atom stereocenters. The first-order valence-corrected chi connectivity index (χ1v) is 8.08. The van der Waals surface area contributed by atoms with E-state index >= 15 is 0 Å². The zero-order valence-corrected chi connectivity index (χ0v) is 12.7. The van der Waals surface area contributed by atoms with Gasteiger partial charge < -0.3 is 4.74 Å². The highest BCUT2D eigenvalue weighted by atomic mass is 16.5. The van der Waals surface area contributed by atoms with Crippen molar-refractivity contribution in [3.8, 4) is 5.75 Å². The summed E-state index contributed by atoms with van der Waals surface area (Å²) >= 11 is 0. The molecule has 22 heavy (non-hydrogen) atoms. The Labute approximate surface area is 132 Å². The maximum atomic E-state index is 6.13. The van der Waals surface area contributed by atoms with Crippen LogP contribution in [0.25, 0.3) is 6.08 Å². The maximum Gasteiger partial charge on any atom is 0.123 e. The molecule has 2 heterocycles. The first-order chi connectivity index (χ1) is 10.9. The maximum absolute atomic E-state index is 6.13. The molecule has 0 radical (unpaired) electrons. The molecule has 2 bridgehead atoms. The van der Waals surface area contributed by atoms with E-state index in [1.165, 1.54) is 11.1 Å². The minimum absolute atomic E-state index is 0.346. The van der Waals surface area contributed by atoms with Crippen molar-refractivity contribution in [1.82, 2.24) is 4.90 Å². The number of benzene rings is 2. The first kappa shape index (κ1) is 13.6. The molecule has 0 aliphatic carbocycles. The van der Waals surface area contributed by atoms with Gasteiger partial charge in [0.1, 0.15) is 11.9 Å². The molecular weight excluding hydrogens is 270 g/mol. The Hall–Kier alpha value is -2.06. The third kappa shape index (κ3) is 2.79. The molecule has 2 nitrogen and oxygen atoms in total. The second-order valence-electron chi connectivity index (χ2n) is 6.24. The zero-order chi connectivity index (χ0) is 14.8. The van der Waals surface area contributed by atoms with Crippen LogP contribution in [-0.4, -0.2) is 30.6 Å². The molecule has 1 fully saturated rings. The second kappa shape index (κ2) is 5.98. The average molecular weight is 291 g/mol. The summed E-state index contributed by atoms with van der Waals surface area (Å²) in [4.78, 5) is 2.51. The van der Waals surface area contributed by atoms with Crippen molar-refractivity contribution in [2.24, 2.45) is 0 Å². The number of fused-ring (bicyclic) bond motifs is 4. The van der Waals surface area contributed by atoms with Crippen LogP contribution in [0.1, 0.15) is 23.5 Å². The minimum Gasteiger partial charge on any atom is -0.489 e. The van der Waals surface area contributed by atoms with Gasteiger partial charge in [0.2, 0.25) is 0 Å². The standard InChI is InChI=1S/C20H21NO/c1-2-7-16(8-3-1)9-6-12-21-14-17-13-18(15-21)22-20-11-5-4-10-19(17)20/h1-11,17-18H,12-15H2/b9-6+. The topological polar surface area (TPSA) is 12.5 Å². The number of para-hydroxylation sites is 1. The fraction of sp³-hybridized carbons (Fsp3) is 0.300. The van der Waals surface area contributed by atoms with Gasteiger partial charge in [-0.3, -0.25) is 4.90 Å². The lowest BCUT2D eigenvalue weighted by Gasteiger charge is -2.42. The predicted molar refractivity (Wildman–Crippen MR) is 90.1 cm³/mol. The lowest BCUT2D eigenvalue weighted by atomic mass is 9.86. The predicted octanol–water partition coefficient (Wildman–Crippen LogP) is 3.95. The Balaban J connectivity index is 1.43. The van der Waals surface area contributed by atoms with E-state index < -0.39 is 0 Å². The summed E-state index contributed by atoms with van der Waals surface area (Å²) in [7, 11) is 0. The van der Waals surface area contributed by atoms with Crippen molar-refractivity contribution in [3.05, 3.63) is 71.8 Å². The van der Waals surface area contributed by atoms with Crippen molar-refractivity contribution in [2.45, 2.75) is 18.4 Å². The summed E-state index contributed by atoms with van der Waals surface area (Å²) in [6, 6.07) is 19.0. The van der Waals surface area contributed by atoms with Crippen molar-refractivity contribution in [2.75, 3.05) is 19.6 Å². The molecule has 0 N–H and O–H groups in total. The van der Waals surface area contributed by atoms with Crippen LogP contribution in [0.15, 0.2) is 60.7 Å². The number of likely N-dealkylation sites (tertiary alicyclic amines) is 1. The number of ether oxygens (including phenoxy) is 1. The molecule has 1 saturated heterocycles. The van der Waals surface area contributed by atoms with E-state index in [-0.39, 0.29) is 0 Å². The fourth-order valence-electron chi connectivity index (χ4n) is 3.61. The van der Waals surface area contributed by atoms with E-state index in [1.54, 1.807) is 0 Å². The number of rotatable bonds is 3. The van der Waals surface area contributed by atoms with Gasteiger partial charge >= 0.3 is 0 Å². The number of hydrogen-bond donors (Lipinski definition) is 0. The van der Waals surface area contributed by atoms with Gasteiger partial charge in [0.25, 0.3) is 0 Å². The lowest BCUT2D eigenvalue weighted by Crippen LogP contribution is -2.47. The average Bonchev–Trinajstić information content (AvgIpc) is 2.56. The Morgan fingerprint density at radius 1 is 1.00 bits per heavy atom. The van der Waals surface area contributed by atoms with Crippen LogP contribution in [0, 0.1) is 0 Å². The Bertz CT molecular complexity index is 664. The van der Waals surface area contributed by atoms with Gasteiger partial charge in [-0.1, -0.05) is 60.7 Å². The monoisotopic (exact) mass is 291 g/mol. The van der Waals surface area contributed by atoms with E-state index in [2.05, 4.69) is 71.6 Å². The third-order valence-corrected chi connectivity index (χ3v) is 4.61. The van der Waals surface area contributed by atoms with Gasteiger partial charge in [0, 0.05) is 25.6 Å². The molecule has 0 saturated carbocycles. The molecule has 2 aromatic carbocycles. The second-order valence-corrected chi connectivity index (χ2v) is 6.24. The zero-order valence-electron chi connectivity index (χ0n) is 12.7. The van der Waals surface area contributed by atoms with Crippen LogP contribution in [0.2, 0.25) is 0 Å². The minimum atomic E-state index is 0.346. The Kier molecular flexibility index (Phi) is 3.69. The molecule has 2 heteroatoms. The summed E-state index contributed by atoms with van der Waals surface area (Å²) in [6.07, 6.45) is 5.98. The SMILES string of the molecule is C(=C\c1ccccc1)/CN1CC2CC(C1)c1ccccc1O2. The van der Waals surface area contributed by atoms with Crippen LogP contribution in [0.5, 0.6) is 5.75 Å². The van der Waals surface area contributed by atoms with Gasteiger partial charge in [0.15, 0.2) is 0 Å². The van der Waals surface area contributed by atoms with E-state index in [0.717, 1.165) is 31.8 Å². The van der Waals surface area contributed by atoms with Gasteiger partial charge in [-0.05, 0) is 23.6 Å². The van der Waals surface area contributed by atoms with E-state index in [0.29, 0.717) is 12.0 Å². The smallest absolute Gasteiger partial charge is 0.123 e. The van der Waals surface area contributed by atoms with Crippen LogP contribution >= 0.6 is 0 Å². The van der Waals surface area contributed by atoms with Gasteiger partial charge in [-0.15, -0.1) is 0 Å². The van der Waals surface area contributed by atoms with Crippen LogP contribution < -0.4 is 4.74 Å². The summed E-state index contributed by atoms with van der Waals surface area (Å²) in [5.41, 5.74) is 2.65. The third-order valence-electron chi connectivity index (χ3n) is 4.61. The van der Waals surface area contributed by atoms with Crippen molar-refractivity contribution in [1.29, 1.82) is 0 Å². The van der Waals surface area contributed by atoms with Crippen LogP contribution in [0.4, 0.5) is 0 Å². The molecule has 0 aromatic heterocycles. The molecule has 4 rings (SSSR count). The van der Waals surface area contributed by atoms with Gasteiger partial charge in [-0.25, -0.2) is 0 Å². The number of piperidine rings is 1. The molecule has 2 aromatic rings. The summed E-state index contributed by atoms with van der Waals surface area (Å²) in [6.45, 7) is 3.16. The van der Waals surface area contributed by atoms with Crippen molar-refractivity contribution in [3.63, 3.8) is 0 Å². The van der Waals surface area contributed by atoms with Crippen molar-refractivity contribution >= 4 is 6.08 Å². The van der Waals surface area contributed by atoms with Crippen LogP contribution in [0.3, 0.4) is 0 Å². The highest BCUT2D eigenvalue weighted by molar-refractivity contribution is 5.48. The Morgan fingerprint density at radius 2 is 1.82 bits per heavy atom. The summed E-state index contributed by atoms with van der Waals surface area (Å²) in [5, 5.41) is 0. The highest BCUT2D eigenvalue weighted by Gasteiger charge is 2.34. The molecule has 2 aliphatic rings. The van der Waals surface area contributed by atoms with E-state index in [9.17, 15) is 0 Å². The normalized spacial score (nSPS) is 24.0. The van der Waals surface area contributed by atoms with Crippen molar-refractivity contribution < 1.29 is 4.74 Å². The molecule has 0 spiro atoms. The van der Waals surface area contributed by atoms with Gasteiger partial charge in [-0.2, -0.15) is 0 Å². The van der Waals surface area contributed by atoms with E-state index in [1.807, 2.05) is 0 Å². The molecule has 112 valence electrons. The molecular formula is C20H21NO. The molecule has 2 atom stereocenters. The first-order valence-electron chi connectivity index (χ1n) is 8.08.